The Balaban J connectivity index is 2.18. The molecule has 2 nitrogen and oxygen atoms in total. The van der Waals surface area contributed by atoms with E-state index in [1.165, 1.54) is 16.7 Å². The molecule has 2 atom stereocenters. The summed E-state index contributed by atoms with van der Waals surface area (Å²) in [6.45, 7) is 11.1. The van der Waals surface area contributed by atoms with Gasteiger partial charge in [-0.2, -0.15) is 0 Å². The Kier molecular flexibility index (Phi) is 5.91. The highest BCUT2D eigenvalue weighted by molar-refractivity contribution is 5.24. The van der Waals surface area contributed by atoms with Crippen LogP contribution in [0, 0.1) is 0 Å². The Bertz CT molecular complexity index is 510. The number of ether oxygens (including phenoxy) is 2. The van der Waals surface area contributed by atoms with Crippen molar-refractivity contribution < 1.29 is 9.47 Å². The Labute approximate surface area is 142 Å². The van der Waals surface area contributed by atoms with Crippen molar-refractivity contribution in [3.8, 4) is 0 Å². The highest BCUT2D eigenvalue weighted by Crippen LogP contribution is 2.43. The van der Waals surface area contributed by atoms with E-state index in [-0.39, 0.29) is 11.2 Å². The second kappa shape index (κ2) is 7.36. The molecular weight excluding hydrogens is 284 g/mol. The largest absolute Gasteiger partial charge is 0.374 e. The van der Waals surface area contributed by atoms with Crippen molar-refractivity contribution in [2.24, 2.45) is 0 Å². The average molecular weight is 319 g/mol. The van der Waals surface area contributed by atoms with E-state index in [0.29, 0.717) is 6.10 Å². The molecule has 0 radical (unpaired) electrons. The number of fused-ring (bicyclic) bond motifs is 1. The second-order valence-electron chi connectivity index (χ2n) is 7.97. The molecule has 2 aliphatic rings. The predicted octanol–water partition coefficient (Wildman–Crippen LogP) is 5.74. The number of hydrogen-bond donors (Lipinski definition) is 0. The highest BCUT2D eigenvalue weighted by Gasteiger charge is 2.50. The quantitative estimate of drug-likeness (QED) is 0.478. The van der Waals surface area contributed by atoms with Gasteiger partial charge in [-0.3, -0.25) is 0 Å². The van der Waals surface area contributed by atoms with Gasteiger partial charge in [0.1, 0.15) is 0 Å². The summed E-state index contributed by atoms with van der Waals surface area (Å²) >= 11 is 0. The fourth-order valence-electron chi connectivity index (χ4n) is 3.32. The van der Waals surface area contributed by atoms with Crippen molar-refractivity contribution in [3.05, 3.63) is 34.9 Å². The summed E-state index contributed by atoms with van der Waals surface area (Å²) in [4.78, 5) is 0. The smallest absolute Gasteiger partial charge is 0.0923 e. The van der Waals surface area contributed by atoms with Crippen molar-refractivity contribution in [2.45, 2.75) is 90.4 Å². The number of methoxy groups -OCH3 is 1. The van der Waals surface area contributed by atoms with E-state index in [1.54, 1.807) is 7.11 Å². The molecule has 0 aromatic heterocycles. The summed E-state index contributed by atoms with van der Waals surface area (Å²) in [5.74, 6) is 0. The molecule has 1 fully saturated rings. The van der Waals surface area contributed by atoms with Crippen molar-refractivity contribution in [3.63, 3.8) is 0 Å². The van der Waals surface area contributed by atoms with Gasteiger partial charge in [-0.25, -0.2) is 0 Å². The van der Waals surface area contributed by atoms with E-state index in [1.807, 2.05) is 0 Å². The standard InChI is InChI=1S/C21H34O2/c1-16-8-7-15-21(5)19(23-21)14-11-17(2)10-13-18(12-9-16)20(3,4)22-6/h8,10,13,19H,7,9,11-12,14-15H2,1-6H3. The molecule has 23 heavy (non-hydrogen) atoms. The Morgan fingerprint density at radius 1 is 1.13 bits per heavy atom. The van der Waals surface area contributed by atoms with Gasteiger partial charge in [0, 0.05) is 7.11 Å². The van der Waals surface area contributed by atoms with Crippen molar-refractivity contribution in [2.75, 3.05) is 7.11 Å². The number of epoxide rings is 1. The Hall–Kier alpha value is -0.860. The third-order valence-corrected chi connectivity index (χ3v) is 5.61. The zero-order chi connectivity index (χ0) is 17.1. The Morgan fingerprint density at radius 3 is 2.57 bits per heavy atom. The van der Waals surface area contributed by atoms with E-state index < -0.39 is 0 Å². The van der Waals surface area contributed by atoms with Gasteiger partial charge in [0.2, 0.25) is 0 Å². The van der Waals surface area contributed by atoms with Gasteiger partial charge in [-0.1, -0.05) is 29.4 Å². The van der Waals surface area contributed by atoms with Gasteiger partial charge >= 0.3 is 0 Å². The normalized spacial score (nSPS) is 30.5. The van der Waals surface area contributed by atoms with E-state index in [9.17, 15) is 0 Å². The number of hydrogen-bond acceptors (Lipinski definition) is 2. The molecule has 1 saturated heterocycles. The summed E-state index contributed by atoms with van der Waals surface area (Å²) in [5.41, 5.74) is 4.20. The molecule has 1 aliphatic carbocycles. The van der Waals surface area contributed by atoms with E-state index in [4.69, 9.17) is 9.47 Å². The second-order valence-corrected chi connectivity index (χ2v) is 7.97. The van der Waals surface area contributed by atoms with Crippen LogP contribution in [0.15, 0.2) is 34.9 Å². The van der Waals surface area contributed by atoms with Gasteiger partial charge < -0.3 is 9.47 Å². The van der Waals surface area contributed by atoms with Gasteiger partial charge in [0.05, 0.1) is 17.3 Å². The first-order valence-electron chi connectivity index (χ1n) is 9.02. The third kappa shape index (κ3) is 5.06. The van der Waals surface area contributed by atoms with Gasteiger partial charge in [0.25, 0.3) is 0 Å². The molecule has 2 rings (SSSR count). The maximum atomic E-state index is 5.96. The van der Waals surface area contributed by atoms with Crippen molar-refractivity contribution in [1.82, 2.24) is 0 Å². The summed E-state index contributed by atoms with van der Waals surface area (Å²) < 4.78 is 11.7. The molecule has 0 bridgehead atoms. The molecule has 0 aromatic carbocycles. The maximum Gasteiger partial charge on any atom is 0.0923 e. The fraction of sp³-hybridized carbons (Fsp3) is 0.714. The van der Waals surface area contributed by atoms with Crippen LogP contribution >= 0.6 is 0 Å². The lowest BCUT2D eigenvalue weighted by Crippen LogP contribution is -2.25. The molecule has 0 amide bonds. The Morgan fingerprint density at radius 2 is 1.87 bits per heavy atom. The molecule has 1 aliphatic heterocycles. The van der Waals surface area contributed by atoms with Crippen LogP contribution in [0.2, 0.25) is 0 Å². The molecule has 2 unspecified atom stereocenters. The molecule has 0 saturated carbocycles. The van der Waals surface area contributed by atoms with Crippen LogP contribution in [0.1, 0.15) is 73.1 Å². The van der Waals surface area contributed by atoms with Crippen LogP contribution in [-0.4, -0.2) is 24.4 Å². The zero-order valence-corrected chi connectivity index (χ0v) is 15.9. The average Bonchev–Trinajstić information content (AvgIpc) is 3.14. The fourth-order valence-corrected chi connectivity index (χ4v) is 3.32. The monoisotopic (exact) mass is 318 g/mol. The molecule has 0 N–H and O–H groups in total. The maximum absolute atomic E-state index is 5.96. The number of rotatable bonds is 2. The minimum absolute atomic E-state index is 0.125. The first-order chi connectivity index (χ1) is 10.8. The van der Waals surface area contributed by atoms with Crippen LogP contribution in [0.5, 0.6) is 0 Å². The summed E-state index contributed by atoms with van der Waals surface area (Å²) in [7, 11) is 1.80. The third-order valence-electron chi connectivity index (χ3n) is 5.61. The molecule has 0 spiro atoms. The molecule has 2 heteroatoms. The topological polar surface area (TPSA) is 21.8 Å². The van der Waals surface area contributed by atoms with Crippen LogP contribution in [-0.2, 0) is 9.47 Å². The summed E-state index contributed by atoms with van der Waals surface area (Å²) in [6, 6.07) is 0. The highest BCUT2D eigenvalue weighted by atomic mass is 16.6. The van der Waals surface area contributed by atoms with Crippen LogP contribution in [0.3, 0.4) is 0 Å². The molecular formula is C21H34O2. The summed E-state index contributed by atoms with van der Waals surface area (Å²) in [5, 5.41) is 0. The van der Waals surface area contributed by atoms with Crippen molar-refractivity contribution in [1.29, 1.82) is 0 Å². The first kappa shape index (κ1) is 18.5. The van der Waals surface area contributed by atoms with Crippen LogP contribution in [0.25, 0.3) is 0 Å². The minimum Gasteiger partial charge on any atom is -0.374 e. The minimum atomic E-state index is -0.202. The van der Waals surface area contributed by atoms with Gasteiger partial charge in [-0.15, -0.1) is 0 Å². The zero-order valence-electron chi connectivity index (χ0n) is 15.9. The molecule has 1 heterocycles. The van der Waals surface area contributed by atoms with Gasteiger partial charge in [0.15, 0.2) is 0 Å². The lowest BCUT2D eigenvalue weighted by atomic mass is 9.90. The predicted molar refractivity (Wildman–Crippen MR) is 97.7 cm³/mol. The van der Waals surface area contributed by atoms with Gasteiger partial charge in [-0.05, 0) is 78.7 Å². The van der Waals surface area contributed by atoms with E-state index in [2.05, 4.69) is 52.8 Å². The lowest BCUT2D eigenvalue weighted by molar-refractivity contribution is 0.0522. The van der Waals surface area contributed by atoms with Crippen LogP contribution in [0.4, 0.5) is 0 Å². The summed E-state index contributed by atoms with van der Waals surface area (Å²) in [6.07, 6.45) is 14.1. The van der Waals surface area contributed by atoms with E-state index in [0.717, 1.165) is 38.5 Å². The lowest BCUT2D eigenvalue weighted by Gasteiger charge is -2.27. The van der Waals surface area contributed by atoms with Crippen LogP contribution < -0.4 is 0 Å². The molecule has 0 aromatic rings. The van der Waals surface area contributed by atoms with E-state index >= 15 is 0 Å². The van der Waals surface area contributed by atoms with Crippen molar-refractivity contribution >= 4 is 0 Å². The molecule has 130 valence electrons. The SMILES string of the molecule is COC(C)(C)C1=CC=C(C)CCC2OC2(C)CCC=C(C)CC1. The number of allylic oxidation sites excluding steroid dienone is 5. The first-order valence-corrected chi connectivity index (χ1v) is 9.02.